The zero-order valence-electron chi connectivity index (χ0n) is 14.7. The quantitative estimate of drug-likeness (QED) is 0.424. The third-order valence-electron chi connectivity index (χ3n) is 4.60. The first-order chi connectivity index (χ1) is 11.9. The zero-order chi connectivity index (χ0) is 16.5. The number of ether oxygens (including phenoxy) is 6. The van der Waals surface area contributed by atoms with Crippen LogP contribution in [0.25, 0.3) is 0 Å². The van der Waals surface area contributed by atoms with E-state index in [-0.39, 0.29) is 18.7 Å². The number of epoxide rings is 1. The van der Waals surface area contributed by atoms with E-state index in [1.165, 1.54) is 12.8 Å². The summed E-state index contributed by atoms with van der Waals surface area (Å²) >= 11 is 0. The summed E-state index contributed by atoms with van der Waals surface area (Å²) in [7, 11) is 0. The van der Waals surface area contributed by atoms with Gasteiger partial charge in [-0.15, -0.1) is 0 Å². The molecule has 6 nitrogen and oxygen atoms in total. The monoisotopic (exact) mass is 344 g/mol. The lowest BCUT2D eigenvalue weighted by Crippen LogP contribution is -2.31. The number of hydrogen-bond donors (Lipinski definition) is 0. The Morgan fingerprint density at radius 1 is 0.917 bits per heavy atom. The summed E-state index contributed by atoms with van der Waals surface area (Å²) in [5.74, 6) is 0. The standard InChI is InChI=1S/C18H32O6/c1-3-9-20-17(7-1)21-11-5-6-15(12-19-13-16-14-23-16)24-18-8-2-4-10-22-18/h15-18H,1-14H2. The van der Waals surface area contributed by atoms with Crippen molar-refractivity contribution in [1.82, 2.24) is 0 Å². The molecule has 0 aromatic heterocycles. The smallest absolute Gasteiger partial charge is 0.158 e. The van der Waals surface area contributed by atoms with Gasteiger partial charge in [0.15, 0.2) is 12.6 Å². The van der Waals surface area contributed by atoms with Crippen molar-refractivity contribution in [3.8, 4) is 0 Å². The van der Waals surface area contributed by atoms with Crippen LogP contribution in [0.2, 0.25) is 0 Å². The maximum atomic E-state index is 6.11. The fourth-order valence-electron chi connectivity index (χ4n) is 3.09. The highest BCUT2D eigenvalue weighted by atomic mass is 16.7. The maximum Gasteiger partial charge on any atom is 0.158 e. The van der Waals surface area contributed by atoms with E-state index in [9.17, 15) is 0 Å². The van der Waals surface area contributed by atoms with Gasteiger partial charge in [-0.3, -0.25) is 0 Å². The van der Waals surface area contributed by atoms with Gasteiger partial charge in [-0.1, -0.05) is 0 Å². The van der Waals surface area contributed by atoms with Gasteiger partial charge in [-0.25, -0.2) is 0 Å². The molecule has 0 saturated carbocycles. The van der Waals surface area contributed by atoms with Crippen molar-refractivity contribution in [3.05, 3.63) is 0 Å². The van der Waals surface area contributed by atoms with Crippen molar-refractivity contribution in [3.63, 3.8) is 0 Å². The molecule has 0 bridgehead atoms. The molecule has 0 aliphatic carbocycles. The van der Waals surface area contributed by atoms with E-state index in [1.54, 1.807) is 0 Å². The van der Waals surface area contributed by atoms with E-state index in [4.69, 9.17) is 28.4 Å². The van der Waals surface area contributed by atoms with Crippen LogP contribution in [0.15, 0.2) is 0 Å². The van der Waals surface area contributed by atoms with Crippen molar-refractivity contribution < 1.29 is 28.4 Å². The molecular weight excluding hydrogens is 312 g/mol. The molecule has 4 atom stereocenters. The van der Waals surface area contributed by atoms with Crippen LogP contribution in [-0.4, -0.2) is 64.4 Å². The molecule has 140 valence electrons. The minimum atomic E-state index is -0.0767. The minimum Gasteiger partial charge on any atom is -0.376 e. The summed E-state index contributed by atoms with van der Waals surface area (Å²) < 4.78 is 34.1. The van der Waals surface area contributed by atoms with Gasteiger partial charge >= 0.3 is 0 Å². The second-order valence-electron chi connectivity index (χ2n) is 6.86. The molecule has 3 fully saturated rings. The Balaban J connectivity index is 1.31. The molecule has 0 N–H and O–H groups in total. The summed E-state index contributed by atoms with van der Waals surface area (Å²) in [5.41, 5.74) is 0. The SMILES string of the molecule is C1CCC(OCCCC(COCC2CO2)OC2CCCCO2)OC1. The van der Waals surface area contributed by atoms with Crippen LogP contribution in [0.4, 0.5) is 0 Å². The Labute approximate surface area is 145 Å². The van der Waals surface area contributed by atoms with Gasteiger partial charge in [0, 0.05) is 19.8 Å². The Bertz CT molecular complexity index is 323. The summed E-state index contributed by atoms with van der Waals surface area (Å²) in [5, 5.41) is 0. The Morgan fingerprint density at radius 2 is 1.67 bits per heavy atom. The summed E-state index contributed by atoms with van der Waals surface area (Å²) in [4.78, 5) is 0. The summed E-state index contributed by atoms with van der Waals surface area (Å²) in [6.45, 7) is 4.43. The third kappa shape index (κ3) is 7.33. The molecule has 0 aromatic carbocycles. The van der Waals surface area contributed by atoms with Crippen LogP contribution in [0.3, 0.4) is 0 Å². The van der Waals surface area contributed by atoms with Crippen molar-refractivity contribution in [2.24, 2.45) is 0 Å². The first-order valence-corrected chi connectivity index (χ1v) is 9.60. The van der Waals surface area contributed by atoms with Crippen molar-refractivity contribution >= 4 is 0 Å². The Kier molecular flexibility index (Phi) is 8.26. The van der Waals surface area contributed by atoms with Gasteiger partial charge in [0.2, 0.25) is 0 Å². The van der Waals surface area contributed by atoms with Gasteiger partial charge in [0.1, 0.15) is 6.10 Å². The Morgan fingerprint density at radius 3 is 2.33 bits per heavy atom. The molecule has 6 heteroatoms. The largest absolute Gasteiger partial charge is 0.376 e. The van der Waals surface area contributed by atoms with Gasteiger partial charge in [0.25, 0.3) is 0 Å². The third-order valence-corrected chi connectivity index (χ3v) is 4.60. The average molecular weight is 344 g/mol. The van der Waals surface area contributed by atoms with Gasteiger partial charge in [0.05, 0.1) is 25.9 Å². The fraction of sp³-hybridized carbons (Fsp3) is 1.00. The molecule has 3 aliphatic heterocycles. The molecule has 0 spiro atoms. The highest BCUT2D eigenvalue weighted by Gasteiger charge is 2.24. The van der Waals surface area contributed by atoms with E-state index in [2.05, 4.69) is 0 Å². The van der Waals surface area contributed by atoms with E-state index in [0.29, 0.717) is 25.9 Å². The minimum absolute atomic E-state index is 0.0111. The van der Waals surface area contributed by atoms with E-state index in [0.717, 1.165) is 58.3 Å². The lowest BCUT2D eigenvalue weighted by Gasteiger charge is -2.28. The molecule has 0 amide bonds. The van der Waals surface area contributed by atoms with Crippen LogP contribution in [0, 0.1) is 0 Å². The average Bonchev–Trinajstić information content (AvgIpc) is 3.45. The molecule has 24 heavy (non-hydrogen) atoms. The summed E-state index contributed by atoms with van der Waals surface area (Å²) in [6, 6.07) is 0. The van der Waals surface area contributed by atoms with Crippen LogP contribution < -0.4 is 0 Å². The molecule has 3 saturated heterocycles. The van der Waals surface area contributed by atoms with Crippen molar-refractivity contribution in [2.45, 2.75) is 76.2 Å². The van der Waals surface area contributed by atoms with E-state index >= 15 is 0 Å². The fourth-order valence-corrected chi connectivity index (χ4v) is 3.09. The second kappa shape index (κ2) is 10.7. The predicted octanol–water partition coefficient (Wildman–Crippen LogP) is 2.64. The van der Waals surface area contributed by atoms with E-state index in [1.807, 2.05) is 0 Å². The molecule has 4 unspecified atom stereocenters. The van der Waals surface area contributed by atoms with Crippen molar-refractivity contribution in [1.29, 1.82) is 0 Å². The molecule has 0 radical (unpaired) electrons. The maximum absolute atomic E-state index is 6.11. The normalized spacial score (nSPS) is 31.8. The Hall–Kier alpha value is -0.240. The van der Waals surface area contributed by atoms with Gasteiger partial charge in [-0.05, 0) is 51.4 Å². The molecule has 3 aliphatic rings. The van der Waals surface area contributed by atoms with Gasteiger partial charge < -0.3 is 28.4 Å². The molecule has 0 aromatic rings. The highest BCUT2D eigenvalue weighted by molar-refractivity contribution is 4.69. The van der Waals surface area contributed by atoms with Crippen LogP contribution in [-0.2, 0) is 28.4 Å². The second-order valence-corrected chi connectivity index (χ2v) is 6.86. The summed E-state index contributed by atoms with van der Waals surface area (Å²) in [6.07, 6.45) is 8.78. The number of rotatable bonds is 11. The highest BCUT2D eigenvalue weighted by Crippen LogP contribution is 2.19. The zero-order valence-corrected chi connectivity index (χ0v) is 14.7. The lowest BCUT2D eigenvalue weighted by molar-refractivity contribution is -0.201. The molecule has 3 heterocycles. The first-order valence-electron chi connectivity index (χ1n) is 9.60. The molecule has 3 rings (SSSR count). The van der Waals surface area contributed by atoms with Crippen LogP contribution >= 0.6 is 0 Å². The predicted molar refractivity (Wildman–Crippen MR) is 87.8 cm³/mol. The lowest BCUT2D eigenvalue weighted by atomic mass is 10.2. The topological polar surface area (TPSA) is 58.7 Å². The molecular formula is C18H32O6. The van der Waals surface area contributed by atoms with E-state index < -0.39 is 0 Å². The van der Waals surface area contributed by atoms with Gasteiger partial charge in [-0.2, -0.15) is 0 Å². The first kappa shape index (κ1) is 18.5. The van der Waals surface area contributed by atoms with Crippen LogP contribution in [0.1, 0.15) is 51.4 Å². The van der Waals surface area contributed by atoms with Crippen molar-refractivity contribution in [2.75, 3.05) is 39.6 Å². The number of hydrogen-bond acceptors (Lipinski definition) is 6. The van der Waals surface area contributed by atoms with Crippen LogP contribution in [0.5, 0.6) is 0 Å².